The van der Waals surface area contributed by atoms with E-state index in [1.54, 1.807) is 0 Å². The second-order valence-electron chi connectivity index (χ2n) is 4.18. The predicted octanol–water partition coefficient (Wildman–Crippen LogP) is 4.11. The summed E-state index contributed by atoms with van der Waals surface area (Å²) < 4.78 is 0. The zero-order chi connectivity index (χ0) is 12.8. The van der Waals surface area contributed by atoms with Crippen molar-refractivity contribution in [2.75, 3.05) is 11.9 Å². The van der Waals surface area contributed by atoms with Gasteiger partial charge in [-0.05, 0) is 43.7 Å². The van der Waals surface area contributed by atoms with Crippen molar-refractivity contribution in [3.05, 3.63) is 53.7 Å². The van der Waals surface area contributed by atoms with Crippen molar-refractivity contribution < 1.29 is 0 Å². The van der Waals surface area contributed by atoms with Crippen molar-refractivity contribution in [2.45, 2.75) is 24.5 Å². The first-order valence-electron chi connectivity index (χ1n) is 6.16. The lowest BCUT2D eigenvalue weighted by Gasteiger charge is -2.06. The number of pyridine rings is 1. The molecule has 0 fully saturated rings. The minimum atomic E-state index is 0.904. The standard InChI is InChI=1S/C15H18N2S/c1-3-16-15-10-13(7-8-17-15)11-18-14-6-4-5-12(2)9-14/h4-10H,3,11H2,1-2H3,(H,16,17). The summed E-state index contributed by atoms with van der Waals surface area (Å²) in [4.78, 5) is 5.59. The van der Waals surface area contributed by atoms with Crippen LogP contribution in [0, 0.1) is 6.92 Å². The Hall–Kier alpha value is -1.48. The number of thioether (sulfide) groups is 1. The zero-order valence-electron chi connectivity index (χ0n) is 10.8. The van der Waals surface area contributed by atoms with E-state index in [0.717, 1.165) is 18.1 Å². The van der Waals surface area contributed by atoms with Gasteiger partial charge in [0.25, 0.3) is 0 Å². The third-order valence-electron chi connectivity index (χ3n) is 2.58. The Kier molecular flexibility index (Phi) is 4.65. The molecule has 2 rings (SSSR count). The van der Waals surface area contributed by atoms with Gasteiger partial charge in [-0.2, -0.15) is 0 Å². The van der Waals surface area contributed by atoms with E-state index >= 15 is 0 Å². The van der Waals surface area contributed by atoms with Crippen LogP contribution in [0.2, 0.25) is 0 Å². The van der Waals surface area contributed by atoms with E-state index in [1.807, 2.05) is 18.0 Å². The van der Waals surface area contributed by atoms with Crippen molar-refractivity contribution >= 4 is 17.6 Å². The lowest BCUT2D eigenvalue weighted by Crippen LogP contribution is -1.99. The number of hydrogen-bond acceptors (Lipinski definition) is 3. The van der Waals surface area contributed by atoms with Crippen LogP contribution in [0.3, 0.4) is 0 Å². The minimum absolute atomic E-state index is 0.904. The van der Waals surface area contributed by atoms with Crippen LogP contribution in [0.1, 0.15) is 18.1 Å². The molecule has 0 saturated heterocycles. The summed E-state index contributed by atoms with van der Waals surface area (Å²) >= 11 is 1.86. The fourth-order valence-electron chi connectivity index (χ4n) is 1.71. The molecule has 0 saturated carbocycles. The summed E-state index contributed by atoms with van der Waals surface area (Å²) in [6, 6.07) is 12.8. The van der Waals surface area contributed by atoms with Gasteiger partial charge in [0.2, 0.25) is 0 Å². The highest BCUT2D eigenvalue weighted by Gasteiger charge is 1.99. The lowest BCUT2D eigenvalue weighted by molar-refractivity contribution is 1.15. The summed E-state index contributed by atoms with van der Waals surface area (Å²) in [5, 5.41) is 3.23. The molecule has 2 nitrogen and oxygen atoms in total. The Bertz CT molecular complexity index is 511. The number of hydrogen-bond donors (Lipinski definition) is 1. The van der Waals surface area contributed by atoms with Gasteiger partial charge < -0.3 is 5.32 Å². The van der Waals surface area contributed by atoms with Crippen molar-refractivity contribution in [3.8, 4) is 0 Å². The summed E-state index contributed by atoms with van der Waals surface area (Å²) in [5.74, 6) is 1.93. The van der Waals surface area contributed by atoms with Crippen LogP contribution in [0.25, 0.3) is 0 Å². The SMILES string of the molecule is CCNc1cc(CSc2cccc(C)c2)ccn1. The third-order valence-corrected chi connectivity index (χ3v) is 3.64. The molecule has 0 atom stereocenters. The lowest BCUT2D eigenvalue weighted by atomic mass is 10.2. The maximum Gasteiger partial charge on any atom is 0.126 e. The smallest absolute Gasteiger partial charge is 0.126 e. The van der Waals surface area contributed by atoms with Crippen LogP contribution in [-0.4, -0.2) is 11.5 Å². The topological polar surface area (TPSA) is 24.9 Å². The van der Waals surface area contributed by atoms with Gasteiger partial charge in [-0.1, -0.05) is 17.7 Å². The number of anilines is 1. The van der Waals surface area contributed by atoms with E-state index < -0.39 is 0 Å². The summed E-state index contributed by atoms with van der Waals surface area (Å²) in [5.41, 5.74) is 2.61. The molecule has 0 spiro atoms. The molecule has 18 heavy (non-hydrogen) atoms. The molecule has 0 radical (unpaired) electrons. The highest BCUT2D eigenvalue weighted by atomic mass is 32.2. The third kappa shape index (κ3) is 3.77. The first-order chi connectivity index (χ1) is 8.78. The average molecular weight is 258 g/mol. The van der Waals surface area contributed by atoms with Gasteiger partial charge in [-0.3, -0.25) is 0 Å². The Morgan fingerprint density at radius 3 is 2.89 bits per heavy atom. The summed E-state index contributed by atoms with van der Waals surface area (Å²) in [6.07, 6.45) is 1.87. The largest absolute Gasteiger partial charge is 0.370 e. The first-order valence-corrected chi connectivity index (χ1v) is 7.15. The van der Waals surface area contributed by atoms with Crippen LogP contribution >= 0.6 is 11.8 Å². The Labute approximate surface area is 113 Å². The molecule has 3 heteroatoms. The van der Waals surface area contributed by atoms with E-state index in [-0.39, 0.29) is 0 Å². The van der Waals surface area contributed by atoms with E-state index in [1.165, 1.54) is 16.0 Å². The number of nitrogens with one attached hydrogen (secondary N) is 1. The Morgan fingerprint density at radius 1 is 1.22 bits per heavy atom. The fourth-order valence-corrected chi connectivity index (χ4v) is 2.67. The first kappa shape index (κ1) is 13.0. The highest BCUT2D eigenvalue weighted by Crippen LogP contribution is 2.24. The fraction of sp³-hybridized carbons (Fsp3) is 0.267. The van der Waals surface area contributed by atoms with Crippen LogP contribution < -0.4 is 5.32 Å². The molecule has 1 heterocycles. The molecule has 1 aromatic heterocycles. The maximum absolute atomic E-state index is 4.28. The highest BCUT2D eigenvalue weighted by molar-refractivity contribution is 7.98. The molecule has 1 aromatic carbocycles. The van der Waals surface area contributed by atoms with Crippen molar-refractivity contribution in [1.82, 2.24) is 4.98 Å². The molecular weight excluding hydrogens is 240 g/mol. The second-order valence-corrected chi connectivity index (χ2v) is 5.23. The quantitative estimate of drug-likeness (QED) is 0.817. The van der Waals surface area contributed by atoms with Crippen molar-refractivity contribution in [3.63, 3.8) is 0 Å². The minimum Gasteiger partial charge on any atom is -0.370 e. The molecule has 0 aliphatic rings. The number of aryl methyl sites for hydroxylation is 1. The zero-order valence-corrected chi connectivity index (χ0v) is 11.6. The molecule has 0 aliphatic heterocycles. The number of aromatic nitrogens is 1. The van der Waals surface area contributed by atoms with Crippen LogP contribution in [0.5, 0.6) is 0 Å². The number of benzene rings is 1. The molecule has 0 amide bonds. The van der Waals surface area contributed by atoms with E-state index in [4.69, 9.17) is 0 Å². The van der Waals surface area contributed by atoms with Crippen LogP contribution in [0.4, 0.5) is 5.82 Å². The van der Waals surface area contributed by atoms with Gasteiger partial charge in [-0.15, -0.1) is 11.8 Å². The maximum atomic E-state index is 4.28. The molecule has 1 N–H and O–H groups in total. The van der Waals surface area contributed by atoms with Gasteiger partial charge in [-0.25, -0.2) is 4.98 Å². The molecule has 0 bridgehead atoms. The molecule has 0 aliphatic carbocycles. The summed E-state index contributed by atoms with van der Waals surface area (Å²) in [6.45, 7) is 5.11. The van der Waals surface area contributed by atoms with Gasteiger partial charge in [0.1, 0.15) is 5.82 Å². The molecule has 94 valence electrons. The van der Waals surface area contributed by atoms with Crippen molar-refractivity contribution in [1.29, 1.82) is 0 Å². The normalized spacial score (nSPS) is 10.3. The van der Waals surface area contributed by atoms with Crippen LogP contribution in [-0.2, 0) is 5.75 Å². The number of nitrogens with zero attached hydrogens (tertiary/aromatic N) is 1. The summed E-state index contributed by atoms with van der Waals surface area (Å²) in [7, 11) is 0. The monoisotopic (exact) mass is 258 g/mol. The van der Waals surface area contributed by atoms with Gasteiger partial charge >= 0.3 is 0 Å². The number of rotatable bonds is 5. The Balaban J connectivity index is 1.99. The van der Waals surface area contributed by atoms with Crippen LogP contribution in [0.15, 0.2) is 47.5 Å². The predicted molar refractivity (Wildman–Crippen MR) is 79.1 cm³/mol. The molecular formula is C15H18N2S. The second kappa shape index (κ2) is 6.45. The van der Waals surface area contributed by atoms with Gasteiger partial charge in [0.05, 0.1) is 0 Å². The van der Waals surface area contributed by atoms with E-state index in [9.17, 15) is 0 Å². The molecule has 2 aromatic rings. The average Bonchev–Trinajstić information content (AvgIpc) is 2.37. The van der Waals surface area contributed by atoms with Gasteiger partial charge in [0.15, 0.2) is 0 Å². The van der Waals surface area contributed by atoms with Crippen molar-refractivity contribution in [2.24, 2.45) is 0 Å². The Morgan fingerprint density at radius 2 is 2.11 bits per heavy atom. The molecule has 0 unspecified atom stereocenters. The van der Waals surface area contributed by atoms with E-state index in [2.05, 4.69) is 60.5 Å². The van der Waals surface area contributed by atoms with Gasteiger partial charge in [0, 0.05) is 23.4 Å². The van der Waals surface area contributed by atoms with E-state index in [0.29, 0.717) is 0 Å².